The van der Waals surface area contributed by atoms with Crippen LogP contribution in [0, 0.1) is 0 Å². The summed E-state index contributed by atoms with van der Waals surface area (Å²) in [5.41, 5.74) is 1.91. The first-order valence-corrected chi connectivity index (χ1v) is 8.43. The molecule has 0 unspecified atom stereocenters. The monoisotopic (exact) mass is 332 g/mol. The molecule has 0 radical (unpaired) electrons. The van der Waals surface area contributed by atoms with Gasteiger partial charge in [0.05, 0.1) is 18.0 Å². The smallest absolute Gasteiger partial charge is 0.233 e. The van der Waals surface area contributed by atoms with Gasteiger partial charge in [0.2, 0.25) is 5.91 Å². The zero-order valence-corrected chi connectivity index (χ0v) is 14.6. The highest BCUT2D eigenvalue weighted by Gasteiger charge is 2.27. The second-order valence-electron chi connectivity index (χ2n) is 6.68. The van der Waals surface area contributed by atoms with Crippen molar-refractivity contribution in [3.8, 4) is 0 Å². The molecule has 1 aliphatic rings. The van der Waals surface area contributed by atoms with Gasteiger partial charge in [-0.25, -0.2) is 9.97 Å². The second-order valence-corrected chi connectivity index (χ2v) is 7.62. The third-order valence-electron chi connectivity index (χ3n) is 3.67. The fraction of sp³-hybridized carbons (Fsp3) is 0.533. The van der Waals surface area contributed by atoms with Crippen molar-refractivity contribution in [2.75, 3.05) is 5.75 Å². The Morgan fingerprint density at radius 3 is 2.78 bits per heavy atom. The van der Waals surface area contributed by atoms with Crippen molar-refractivity contribution < 1.29 is 4.79 Å². The van der Waals surface area contributed by atoms with Crippen molar-refractivity contribution in [3.63, 3.8) is 0 Å². The van der Waals surface area contributed by atoms with E-state index in [4.69, 9.17) is 0 Å². The van der Waals surface area contributed by atoms with E-state index in [-0.39, 0.29) is 11.3 Å². The normalized spacial score (nSPS) is 14.2. The van der Waals surface area contributed by atoms with Crippen LogP contribution in [0.25, 0.3) is 0 Å². The molecule has 0 fully saturated rings. The number of carbonyl (C=O) groups is 1. The molecule has 2 aromatic heterocycles. The van der Waals surface area contributed by atoms with Gasteiger partial charge < -0.3 is 9.47 Å². The predicted octanol–water partition coefficient (Wildman–Crippen LogP) is 1.54. The Labute approximate surface area is 139 Å². The number of aromatic nitrogens is 5. The summed E-state index contributed by atoms with van der Waals surface area (Å²) in [5, 5.41) is 8.53. The van der Waals surface area contributed by atoms with E-state index < -0.39 is 0 Å². The van der Waals surface area contributed by atoms with Crippen molar-refractivity contribution in [1.29, 1.82) is 0 Å². The molecule has 1 aliphatic heterocycles. The Bertz CT molecular complexity index is 736. The maximum atomic E-state index is 12.4. The van der Waals surface area contributed by atoms with Crippen LogP contribution in [0.1, 0.15) is 37.9 Å². The van der Waals surface area contributed by atoms with Crippen LogP contribution >= 0.6 is 11.8 Å². The van der Waals surface area contributed by atoms with E-state index in [1.165, 1.54) is 11.8 Å². The van der Waals surface area contributed by atoms with Crippen LogP contribution in [0.2, 0.25) is 0 Å². The lowest BCUT2D eigenvalue weighted by Gasteiger charge is -2.16. The molecule has 3 rings (SSSR count). The molecule has 0 saturated heterocycles. The average molecular weight is 332 g/mol. The molecular formula is C15H20N6OS. The van der Waals surface area contributed by atoms with E-state index in [0.29, 0.717) is 18.8 Å². The van der Waals surface area contributed by atoms with Crippen LogP contribution in [0.5, 0.6) is 0 Å². The quantitative estimate of drug-likeness (QED) is 0.794. The average Bonchev–Trinajstić information content (AvgIpc) is 3.09. The Morgan fingerprint density at radius 2 is 2.13 bits per heavy atom. The minimum Gasteiger partial charge on any atom is -0.332 e. The maximum Gasteiger partial charge on any atom is 0.233 e. The molecule has 0 N–H and O–H groups in total. The topological polar surface area (TPSA) is 76.8 Å². The summed E-state index contributed by atoms with van der Waals surface area (Å²) in [6, 6.07) is 0. The van der Waals surface area contributed by atoms with E-state index in [9.17, 15) is 4.79 Å². The number of amides is 1. The molecule has 7 nitrogen and oxygen atoms in total. The van der Waals surface area contributed by atoms with Gasteiger partial charge in [-0.2, -0.15) is 0 Å². The van der Waals surface area contributed by atoms with Gasteiger partial charge in [-0.1, -0.05) is 32.5 Å². The van der Waals surface area contributed by atoms with Crippen molar-refractivity contribution >= 4 is 17.7 Å². The lowest BCUT2D eigenvalue weighted by atomic mass is 9.95. The summed E-state index contributed by atoms with van der Waals surface area (Å²) in [5.74, 6) is 1.24. The highest BCUT2D eigenvalue weighted by Crippen LogP contribution is 2.25. The third kappa shape index (κ3) is 3.36. The van der Waals surface area contributed by atoms with E-state index in [1.807, 2.05) is 18.1 Å². The number of thioether (sulfide) groups is 1. The van der Waals surface area contributed by atoms with Gasteiger partial charge >= 0.3 is 0 Å². The number of nitrogens with zero attached hydrogens (tertiary/aromatic N) is 6. The highest BCUT2D eigenvalue weighted by molar-refractivity contribution is 7.99. The van der Waals surface area contributed by atoms with Crippen LogP contribution in [-0.4, -0.2) is 41.3 Å². The van der Waals surface area contributed by atoms with Gasteiger partial charge in [0, 0.05) is 30.8 Å². The van der Waals surface area contributed by atoms with Crippen molar-refractivity contribution in [2.24, 2.45) is 7.05 Å². The summed E-state index contributed by atoms with van der Waals surface area (Å²) in [6.07, 6.45) is 3.48. The summed E-state index contributed by atoms with van der Waals surface area (Å²) in [6.45, 7) is 7.40. The van der Waals surface area contributed by atoms with E-state index in [1.54, 1.807) is 10.9 Å². The van der Waals surface area contributed by atoms with E-state index in [0.717, 1.165) is 22.2 Å². The molecule has 8 heteroatoms. The molecule has 0 aromatic carbocycles. The maximum absolute atomic E-state index is 12.4. The standard InChI is InChI=1S/C15H20N6OS/c1-15(2,3)13-16-5-10-6-21(7-11(10)18-13)12(22)8-23-14-19-17-9-20(14)4/h5,9H,6-8H2,1-4H3. The third-order valence-corrected chi connectivity index (χ3v) is 4.69. The number of fused-ring (bicyclic) bond motifs is 1. The first kappa shape index (κ1) is 15.9. The van der Waals surface area contributed by atoms with Gasteiger partial charge in [0.1, 0.15) is 12.2 Å². The summed E-state index contributed by atoms with van der Waals surface area (Å²) in [7, 11) is 1.86. The van der Waals surface area contributed by atoms with Crippen molar-refractivity contribution in [2.45, 2.75) is 44.4 Å². The Morgan fingerprint density at radius 1 is 1.35 bits per heavy atom. The molecule has 122 valence electrons. The second kappa shape index (κ2) is 5.92. The van der Waals surface area contributed by atoms with Crippen molar-refractivity contribution in [1.82, 2.24) is 29.6 Å². The Kier molecular flexibility index (Phi) is 4.09. The molecule has 0 spiro atoms. The molecule has 0 saturated carbocycles. The van der Waals surface area contributed by atoms with Crippen LogP contribution in [0.4, 0.5) is 0 Å². The molecular weight excluding hydrogens is 312 g/mol. The van der Waals surface area contributed by atoms with Gasteiger partial charge in [-0.05, 0) is 0 Å². The van der Waals surface area contributed by atoms with Gasteiger partial charge in [0.25, 0.3) is 0 Å². The lowest BCUT2D eigenvalue weighted by Crippen LogP contribution is -2.27. The fourth-order valence-corrected chi connectivity index (χ4v) is 3.10. The minimum absolute atomic E-state index is 0.0771. The highest BCUT2D eigenvalue weighted by atomic mass is 32.2. The zero-order chi connectivity index (χ0) is 16.6. The molecule has 3 heterocycles. The number of rotatable bonds is 3. The predicted molar refractivity (Wildman–Crippen MR) is 86.7 cm³/mol. The number of carbonyl (C=O) groups excluding carboxylic acids is 1. The lowest BCUT2D eigenvalue weighted by molar-refractivity contribution is -0.128. The van der Waals surface area contributed by atoms with E-state index >= 15 is 0 Å². The molecule has 0 bridgehead atoms. The van der Waals surface area contributed by atoms with E-state index in [2.05, 4.69) is 40.9 Å². The Balaban J connectivity index is 1.65. The number of aryl methyl sites for hydroxylation is 1. The minimum atomic E-state index is -0.0898. The van der Waals surface area contributed by atoms with Crippen LogP contribution < -0.4 is 0 Å². The molecule has 0 atom stereocenters. The van der Waals surface area contributed by atoms with Crippen LogP contribution in [-0.2, 0) is 30.3 Å². The molecule has 1 amide bonds. The van der Waals surface area contributed by atoms with Crippen molar-refractivity contribution in [3.05, 3.63) is 29.6 Å². The van der Waals surface area contributed by atoms with Crippen LogP contribution in [0.3, 0.4) is 0 Å². The van der Waals surface area contributed by atoms with Gasteiger partial charge in [-0.15, -0.1) is 10.2 Å². The first-order valence-electron chi connectivity index (χ1n) is 7.44. The molecule has 23 heavy (non-hydrogen) atoms. The number of hydrogen-bond donors (Lipinski definition) is 0. The fourth-order valence-electron chi connectivity index (χ4n) is 2.31. The van der Waals surface area contributed by atoms with Gasteiger partial charge in [-0.3, -0.25) is 4.79 Å². The molecule has 0 aliphatic carbocycles. The number of hydrogen-bond acceptors (Lipinski definition) is 6. The summed E-state index contributed by atoms with van der Waals surface area (Å²) < 4.78 is 1.80. The summed E-state index contributed by atoms with van der Waals surface area (Å²) >= 11 is 1.40. The molecule has 2 aromatic rings. The Hall–Kier alpha value is -1.96. The SMILES string of the molecule is Cn1cnnc1SCC(=O)N1Cc2cnc(C(C)(C)C)nc2C1. The van der Waals surface area contributed by atoms with Gasteiger partial charge in [0.15, 0.2) is 5.16 Å². The van der Waals surface area contributed by atoms with Crippen LogP contribution in [0.15, 0.2) is 17.7 Å². The largest absolute Gasteiger partial charge is 0.332 e. The summed E-state index contributed by atoms with van der Waals surface area (Å²) in [4.78, 5) is 23.3. The first-order chi connectivity index (χ1) is 10.8. The zero-order valence-electron chi connectivity index (χ0n) is 13.8.